The molecule has 0 radical (unpaired) electrons. The van der Waals surface area contributed by atoms with Crippen LogP contribution in [-0.4, -0.2) is 64.3 Å². The molecule has 2 unspecified atom stereocenters. The van der Waals surface area contributed by atoms with Gasteiger partial charge in [0.15, 0.2) is 0 Å². The van der Waals surface area contributed by atoms with Crippen molar-refractivity contribution >= 4 is 33.5 Å². The zero-order valence-electron chi connectivity index (χ0n) is 20.6. The molecule has 3 rings (SSSR count). The van der Waals surface area contributed by atoms with Gasteiger partial charge < -0.3 is 19.9 Å². The van der Waals surface area contributed by atoms with Crippen LogP contribution >= 0.6 is 21.6 Å². The van der Waals surface area contributed by atoms with E-state index in [0.29, 0.717) is 5.56 Å². The summed E-state index contributed by atoms with van der Waals surface area (Å²) in [5.74, 6) is 1.69. The van der Waals surface area contributed by atoms with E-state index in [9.17, 15) is 37.5 Å². The molecule has 15 heteroatoms. The van der Waals surface area contributed by atoms with Crippen molar-refractivity contribution in [1.29, 1.82) is 0 Å². The Morgan fingerprint density at radius 2 is 2.05 bits per heavy atom. The second-order valence-electron chi connectivity index (χ2n) is 8.18. The van der Waals surface area contributed by atoms with Gasteiger partial charge in [0.2, 0.25) is 0 Å². The van der Waals surface area contributed by atoms with E-state index < -0.39 is 60.9 Å². The molecular weight excluding hydrogens is 563 g/mol. The van der Waals surface area contributed by atoms with Gasteiger partial charge in [-0.05, 0) is 24.8 Å². The molecule has 1 aliphatic heterocycles. The minimum absolute atomic E-state index is 0.00833. The standard InChI is InChI=1S/C24H24F3N3O7S2/c1-13(39-38-2)15-7-3-4-8-16(15)21(33)37-17-10-19(36-18(17)12-31)30-11-14(20(32)29-23(30)35)6-5-9-28-22(34)24(25,26)27/h3-4,7-8,11,13,17-19,31H,9-10,12H2,1-2H3,(H,28,34)(H,29,32,35)/t13?,17?,18-,19-/m1/s1. The molecule has 3 N–H and O–H groups in total. The summed E-state index contributed by atoms with van der Waals surface area (Å²) in [6.45, 7) is 0.724. The molecule has 0 saturated carbocycles. The number of aromatic nitrogens is 2. The number of nitrogens with zero attached hydrogens (tertiary/aromatic N) is 1. The molecule has 1 aliphatic rings. The molecule has 0 spiro atoms. The number of rotatable bonds is 8. The first-order valence-corrected chi connectivity index (χ1v) is 14.0. The molecule has 2 heterocycles. The number of alkyl halides is 3. The first-order chi connectivity index (χ1) is 18.5. The molecule has 1 fully saturated rings. The molecule has 0 aliphatic carbocycles. The SMILES string of the molecule is CSSC(C)c1ccccc1C(=O)OC1C[C@H](n2cc(C#CCNC(=O)C(F)(F)F)c(=O)[nH]c2=O)O[C@@H]1CO. The molecule has 2 aromatic rings. The molecule has 210 valence electrons. The third-order valence-electron chi connectivity index (χ3n) is 5.57. The van der Waals surface area contributed by atoms with E-state index in [1.54, 1.807) is 39.0 Å². The van der Waals surface area contributed by atoms with Crippen molar-refractivity contribution in [2.75, 3.05) is 19.4 Å². The van der Waals surface area contributed by atoms with E-state index in [4.69, 9.17) is 9.47 Å². The lowest BCUT2D eigenvalue weighted by Gasteiger charge is -2.19. The summed E-state index contributed by atoms with van der Waals surface area (Å²) < 4.78 is 49.1. The van der Waals surface area contributed by atoms with Crippen molar-refractivity contribution < 1.29 is 37.3 Å². The van der Waals surface area contributed by atoms with Gasteiger partial charge in [-0.3, -0.25) is 19.1 Å². The zero-order chi connectivity index (χ0) is 28.7. The fourth-order valence-electron chi connectivity index (χ4n) is 3.75. The molecule has 10 nitrogen and oxygen atoms in total. The number of H-pyrrole nitrogens is 1. The Hall–Kier alpha value is -3.19. The van der Waals surface area contributed by atoms with E-state index in [-0.39, 0.29) is 17.2 Å². The van der Waals surface area contributed by atoms with Crippen LogP contribution in [0.25, 0.3) is 0 Å². The monoisotopic (exact) mass is 587 g/mol. The third kappa shape index (κ3) is 7.69. The van der Waals surface area contributed by atoms with Crippen molar-refractivity contribution in [1.82, 2.24) is 14.9 Å². The maximum Gasteiger partial charge on any atom is 0.471 e. The minimum Gasteiger partial charge on any atom is -0.456 e. The van der Waals surface area contributed by atoms with E-state index >= 15 is 0 Å². The third-order valence-corrected chi connectivity index (χ3v) is 7.75. The highest BCUT2D eigenvalue weighted by atomic mass is 33.1. The Bertz CT molecular complexity index is 1380. The lowest BCUT2D eigenvalue weighted by atomic mass is 10.0. The average Bonchev–Trinajstić information content (AvgIpc) is 3.29. The summed E-state index contributed by atoms with van der Waals surface area (Å²) in [6, 6.07) is 6.96. The number of aromatic amines is 1. The summed E-state index contributed by atoms with van der Waals surface area (Å²) in [7, 11) is 3.12. The van der Waals surface area contributed by atoms with E-state index in [2.05, 4.69) is 11.8 Å². The smallest absolute Gasteiger partial charge is 0.456 e. The van der Waals surface area contributed by atoms with E-state index in [1.165, 1.54) is 0 Å². The molecule has 1 saturated heterocycles. The number of hydrogen-bond donors (Lipinski definition) is 3. The van der Waals surface area contributed by atoms with Crippen LogP contribution in [0.2, 0.25) is 0 Å². The maximum absolute atomic E-state index is 13.0. The summed E-state index contributed by atoms with van der Waals surface area (Å²) in [5.41, 5.74) is -0.945. The van der Waals surface area contributed by atoms with E-state index in [0.717, 1.165) is 16.3 Å². The zero-order valence-corrected chi connectivity index (χ0v) is 22.2. The fraction of sp³-hybridized carbons (Fsp3) is 0.417. The predicted octanol–water partition coefficient (Wildman–Crippen LogP) is 2.14. The van der Waals surface area contributed by atoms with Gasteiger partial charge in [0, 0.05) is 17.9 Å². The number of benzene rings is 1. The van der Waals surface area contributed by atoms with Gasteiger partial charge in [0.25, 0.3) is 5.56 Å². The predicted molar refractivity (Wildman–Crippen MR) is 138 cm³/mol. The fourth-order valence-corrected chi connectivity index (χ4v) is 5.52. The molecule has 1 aromatic carbocycles. The van der Waals surface area contributed by atoms with Crippen molar-refractivity contribution in [3.05, 3.63) is 68.0 Å². The lowest BCUT2D eigenvalue weighted by molar-refractivity contribution is -0.173. The Morgan fingerprint density at radius 3 is 2.72 bits per heavy atom. The highest BCUT2D eigenvalue weighted by Gasteiger charge is 2.40. The van der Waals surface area contributed by atoms with Crippen molar-refractivity contribution in [3.63, 3.8) is 0 Å². The number of halogens is 3. The first kappa shape index (κ1) is 30.4. The highest BCUT2D eigenvalue weighted by molar-refractivity contribution is 8.76. The largest absolute Gasteiger partial charge is 0.471 e. The number of carbonyl (C=O) groups excluding carboxylic acids is 2. The number of aliphatic hydroxyl groups is 1. The minimum atomic E-state index is -5.08. The van der Waals surface area contributed by atoms with Crippen LogP contribution in [0, 0.1) is 11.8 Å². The van der Waals surface area contributed by atoms with Gasteiger partial charge in [-0.2, -0.15) is 13.2 Å². The molecular formula is C24H24F3N3O7S2. The number of aliphatic hydroxyl groups excluding tert-OH is 1. The molecule has 0 bridgehead atoms. The van der Waals surface area contributed by atoms with Crippen molar-refractivity contribution in [2.24, 2.45) is 0 Å². The molecule has 4 atom stereocenters. The van der Waals surface area contributed by atoms with Crippen LogP contribution in [0.15, 0.2) is 40.1 Å². The van der Waals surface area contributed by atoms with Gasteiger partial charge in [-0.1, -0.05) is 51.6 Å². The first-order valence-electron chi connectivity index (χ1n) is 11.4. The van der Waals surface area contributed by atoms with Gasteiger partial charge in [0.1, 0.15) is 24.0 Å². The Balaban J connectivity index is 1.77. The maximum atomic E-state index is 13.0. The number of esters is 1. The quantitative estimate of drug-likeness (QED) is 0.241. The molecule has 39 heavy (non-hydrogen) atoms. The number of nitrogens with one attached hydrogen (secondary N) is 2. The Kier molecular flexibility index (Phi) is 10.3. The van der Waals surface area contributed by atoms with Crippen molar-refractivity contribution in [3.8, 4) is 11.8 Å². The Labute approximate surface area is 228 Å². The number of hydrogen-bond acceptors (Lipinski definition) is 9. The van der Waals surface area contributed by atoms with Crippen LogP contribution in [0.5, 0.6) is 0 Å². The van der Waals surface area contributed by atoms with Crippen LogP contribution in [0.3, 0.4) is 0 Å². The normalized spacial score (nSPS) is 19.6. The topological polar surface area (TPSA) is 140 Å². The Morgan fingerprint density at radius 1 is 1.33 bits per heavy atom. The van der Waals surface area contributed by atoms with Crippen molar-refractivity contribution in [2.45, 2.75) is 43.2 Å². The summed E-state index contributed by atoms with van der Waals surface area (Å²) in [5, 5.41) is 11.3. The summed E-state index contributed by atoms with van der Waals surface area (Å²) in [4.78, 5) is 50.5. The number of carbonyl (C=O) groups is 2. The van der Waals surface area contributed by atoms with Crippen LogP contribution < -0.4 is 16.6 Å². The summed E-state index contributed by atoms with van der Waals surface area (Å²) in [6.07, 6.45) is -5.13. The van der Waals surface area contributed by atoms with E-state index in [1.807, 2.05) is 30.3 Å². The van der Waals surface area contributed by atoms with Gasteiger partial charge in [0.05, 0.1) is 18.7 Å². The summed E-state index contributed by atoms with van der Waals surface area (Å²) >= 11 is 0. The average molecular weight is 588 g/mol. The van der Waals surface area contributed by atoms with Crippen LogP contribution in [-0.2, 0) is 14.3 Å². The second kappa shape index (κ2) is 13.2. The number of amides is 1. The molecule has 1 aromatic heterocycles. The van der Waals surface area contributed by atoms with Gasteiger partial charge in [-0.15, -0.1) is 0 Å². The second-order valence-corrected chi connectivity index (χ2v) is 11.0. The van der Waals surface area contributed by atoms with Crippen LogP contribution in [0.1, 0.15) is 46.3 Å². The number of ether oxygens (including phenoxy) is 2. The lowest BCUT2D eigenvalue weighted by Crippen LogP contribution is -2.37. The van der Waals surface area contributed by atoms with Crippen LogP contribution in [0.4, 0.5) is 13.2 Å². The molecule has 1 amide bonds. The highest BCUT2D eigenvalue weighted by Crippen LogP contribution is 2.38. The van der Waals surface area contributed by atoms with Gasteiger partial charge >= 0.3 is 23.7 Å². The van der Waals surface area contributed by atoms with Gasteiger partial charge in [-0.25, -0.2) is 9.59 Å².